The first-order valence-corrected chi connectivity index (χ1v) is 42.7. The van der Waals surface area contributed by atoms with Gasteiger partial charge in [-0.05, 0) is 176 Å². The molecule has 5 fully saturated rings. The fourth-order valence-electron chi connectivity index (χ4n) is 15.6. The van der Waals surface area contributed by atoms with Gasteiger partial charge in [-0.2, -0.15) is 23.5 Å². The van der Waals surface area contributed by atoms with E-state index in [1.165, 1.54) is 37.4 Å². The van der Waals surface area contributed by atoms with Crippen LogP contribution in [0.4, 0.5) is 0 Å². The highest BCUT2D eigenvalue weighted by Crippen LogP contribution is 2.34. The molecule has 4 aliphatic heterocycles. The van der Waals surface area contributed by atoms with E-state index in [4.69, 9.17) is 5.73 Å². The number of thioether (sulfide) groups is 2. The maximum absolute atomic E-state index is 15.2. The smallest absolute Gasteiger partial charge is 0.303 e. The molecule has 22 N–H and O–H groups in total. The molecule has 634 valence electrons. The molecule has 4 unspecified atom stereocenters. The number of amides is 12. The van der Waals surface area contributed by atoms with Crippen LogP contribution in [0.25, 0.3) is 0 Å². The minimum atomic E-state index is -1.78. The molecule has 0 spiro atoms. The van der Waals surface area contributed by atoms with Crippen molar-refractivity contribution >= 4 is 100 Å². The van der Waals surface area contributed by atoms with E-state index in [9.17, 15) is 73.5 Å². The summed E-state index contributed by atoms with van der Waals surface area (Å²) in [5, 5.41) is 96.7. The second-order valence-corrected chi connectivity index (χ2v) is 34.7. The number of hydrogen-bond donors (Lipinski definition) is 21. The van der Waals surface area contributed by atoms with E-state index < -0.39 is 192 Å². The molecule has 0 aromatic heterocycles. The van der Waals surface area contributed by atoms with Gasteiger partial charge in [0.2, 0.25) is 70.9 Å². The van der Waals surface area contributed by atoms with Gasteiger partial charge in [-0.25, -0.2) is 0 Å². The summed E-state index contributed by atoms with van der Waals surface area (Å²) in [4.78, 5) is 187. The summed E-state index contributed by atoms with van der Waals surface area (Å²) in [6.45, 7) is 13.1. The van der Waals surface area contributed by atoms with Crippen molar-refractivity contribution < 1.29 is 87.9 Å². The molecule has 36 heteroatoms. The molecule has 12 amide bonds. The zero-order valence-corrected chi connectivity index (χ0v) is 68.0. The molecular formula is C77H126N16O18S2. The minimum absolute atomic E-state index is 0.00734. The predicted octanol–water partition coefficient (Wildman–Crippen LogP) is -1.63. The van der Waals surface area contributed by atoms with Crippen molar-refractivity contribution in [1.82, 2.24) is 79.8 Å². The van der Waals surface area contributed by atoms with Crippen LogP contribution in [0.15, 0.2) is 24.3 Å². The van der Waals surface area contributed by atoms with E-state index in [1.54, 1.807) is 34.6 Å². The fourth-order valence-corrected chi connectivity index (χ4v) is 17.6. The van der Waals surface area contributed by atoms with Gasteiger partial charge in [0.1, 0.15) is 66.5 Å². The number of carbonyl (C=O) groups excluding carboxylic acids is 12. The number of aliphatic hydroxyl groups is 4. The monoisotopic (exact) mass is 1630 g/mol. The molecule has 4 heterocycles. The zero-order valence-electron chi connectivity index (χ0n) is 66.4. The Labute approximate surface area is 670 Å². The van der Waals surface area contributed by atoms with Gasteiger partial charge in [0, 0.05) is 55.1 Å². The number of rotatable bonds is 18. The highest BCUT2D eigenvalue weighted by molar-refractivity contribution is 7.98. The van der Waals surface area contributed by atoms with E-state index in [1.807, 2.05) is 24.3 Å². The molecule has 7 rings (SSSR count). The summed E-state index contributed by atoms with van der Waals surface area (Å²) in [5.41, 5.74) is 6.68. The molecule has 6 aliphatic rings. The molecule has 2 aliphatic carbocycles. The van der Waals surface area contributed by atoms with Crippen molar-refractivity contribution in [3.63, 3.8) is 0 Å². The van der Waals surface area contributed by atoms with Crippen LogP contribution in [0.1, 0.15) is 194 Å². The normalized spacial score (nSPS) is 32.5. The third kappa shape index (κ3) is 30.1. The van der Waals surface area contributed by atoms with Gasteiger partial charge in [0.05, 0.1) is 30.6 Å². The lowest BCUT2D eigenvalue weighted by Gasteiger charge is -2.34. The summed E-state index contributed by atoms with van der Waals surface area (Å²) in [6.07, 6.45) is -0.107. The van der Waals surface area contributed by atoms with Gasteiger partial charge in [-0.15, -0.1) is 0 Å². The van der Waals surface area contributed by atoms with Crippen LogP contribution in [-0.4, -0.2) is 243 Å². The first-order chi connectivity index (χ1) is 53.7. The quantitative estimate of drug-likeness (QED) is 0.0785. The average molecular weight is 1630 g/mol. The summed E-state index contributed by atoms with van der Waals surface area (Å²) >= 11 is 2.74. The maximum atomic E-state index is 15.2. The van der Waals surface area contributed by atoms with E-state index in [2.05, 4.69) is 79.8 Å². The molecule has 3 saturated heterocycles. The minimum Gasteiger partial charge on any atom is -0.481 e. The molecule has 113 heavy (non-hydrogen) atoms. The average Bonchev–Trinajstić information content (AvgIpc) is 1.75. The van der Waals surface area contributed by atoms with E-state index in [0.29, 0.717) is 94.8 Å². The summed E-state index contributed by atoms with van der Waals surface area (Å²) < 4.78 is 0. The highest BCUT2D eigenvalue weighted by Gasteiger charge is 2.44. The zero-order chi connectivity index (χ0) is 82.6. The lowest BCUT2D eigenvalue weighted by molar-refractivity contribution is -0.139. The van der Waals surface area contributed by atoms with Gasteiger partial charge >= 0.3 is 5.97 Å². The fraction of sp³-hybridized carbons (Fsp3) is 0.753. The second kappa shape index (κ2) is 45.9. The number of carboxylic acid groups (broad SMARTS) is 1. The SMILES string of the molecule is CCC[C@@H]1NC(=O)[C@H](CC2CNC3NCCCC23)NC(=O)[C@@H]([C@H](C)O)NC(=O)[C@H](CC2CNCN2)NC(=O)[C@H](CC2CCC(O)CC2)NC(=O)[C@H](C(C)(C)C)NC(=O)CCSCc2cccc(c2)CSC[C@@H](C(N)=O)NC(=O)[C@H]([C@@H](C)O)NC(=O)[C@H](CCC)NC(=O)[C@H](CC2CCC(O)CC2)NC(=O)[C@H](CCC(=O)O)NC1=O. The van der Waals surface area contributed by atoms with Gasteiger partial charge in [-0.1, -0.05) is 71.7 Å². The molecule has 17 atom stereocenters. The Morgan fingerprint density at radius 2 is 0.991 bits per heavy atom. The number of nitrogens with one attached hydrogen (secondary N) is 15. The van der Waals surface area contributed by atoms with Crippen LogP contribution in [0, 0.1) is 29.1 Å². The number of fused-ring (bicyclic) bond motifs is 3. The van der Waals surface area contributed by atoms with Crippen molar-refractivity contribution in [2.75, 3.05) is 37.8 Å². The third-order valence-corrected chi connectivity index (χ3v) is 24.3. The maximum Gasteiger partial charge on any atom is 0.303 e. The Balaban J connectivity index is 1.23. The Morgan fingerprint density at radius 3 is 1.49 bits per heavy atom. The Kier molecular flexibility index (Phi) is 37.7. The van der Waals surface area contributed by atoms with Crippen LogP contribution in [0.5, 0.6) is 0 Å². The Morgan fingerprint density at radius 1 is 0.531 bits per heavy atom. The van der Waals surface area contributed by atoms with Gasteiger partial charge in [0.25, 0.3) is 0 Å². The van der Waals surface area contributed by atoms with E-state index in [0.717, 1.165) is 30.5 Å². The molecule has 2 bridgehead atoms. The number of piperidine rings is 1. The molecule has 2 saturated carbocycles. The van der Waals surface area contributed by atoms with Gasteiger partial charge in [-0.3, -0.25) is 62.3 Å². The lowest BCUT2D eigenvalue weighted by atomic mass is 9.82. The third-order valence-electron chi connectivity index (χ3n) is 22.2. The van der Waals surface area contributed by atoms with Crippen LogP contribution in [0.3, 0.4) is 0 Å². The first-order valence-electron chi connectivity index (χ1n) is 40.4. The summed E-state index contributed by atoms with van der Waals surface area (Å²) in [6, 6.07) is -8.90. The topological polar surface area (TPSA) is 530 Å². The van der Waals surface area contributed by atoms with Crippen LogP contribution >= 0.6 is 23.5 Å². The molecule has 1 aromatic carbocycles. The van der Waals surface area contributed by atoms with Crippen molar-refractivity contribution in [3.05, 3.63) is 35.4 Å². The number of carbonyl (C=O) groups is 13. The van der Waals surface area contributed by atoms with Crippen molar-refractivity contribution in [3.8, 4) is 0 Å². The van der Waals surface area contributed by atoms with E-state index >= 15 is 14.4 Å². The standard InChI is InChI=1S/C77H126N16O18S2/c1-8-12-52-67(102)85-54(25-26-61(99)100)68(103)86-55(31-43-17-21-49(96)22-18-43)70(105)84-53(13-9-2)69(104)92-63(42(4)95)75(110)90-59(65(78)101)39-113-38-46-15-10-14-45(30-46)37-112-29-27-60(98)91-64(77(5,6)7)76(111)89-56(32-44-19-23-50(97)24-20-44)71(106)87-58(34-48-36-79-40-82-48)73(108)93-62(41(3)94)74(109)88-57(72(107)83-52)33-47-35-81-66-51(47)16-11-28-80-66/h10,14-15,30,41-44,47-59,62-64,66,79-82,94-97H,8-9,11-13,16-29,31-40H2,1-7H3,(H2,78,101)(H,83,107)(H,84,105)(H,85,102)(H,86,103)(H,87,106)(H,88,109)(H,89,111)(H,90,110)(H,91,98)(H,92,104)(H,93,108)(H,99,100)/t41-,42+,43?,44?,47?,48?,49?,50?,51?,52-,53-,54-,55-,56-,57-,58-,59-,62+,63-,64+,66?/m0/s1. The second-order valence-electron chi connectivity index (χ2n) is 32.6. The Hall–Kier alpha value is -7.29. The van der Waals surface area contributed by atoms with Gasteiger partial charge in [0.15, 0.2) is 0 Å². The predicted molar refractivity (Wildman–Crippen MR) is 424 cm³/mol. The number of aliphatic hydroxyl groups excluding tert-OH is 4. The number of primary amides is 1. The summed E-state index contributed by atoms with van der Waals surface area (Å²) in [7, 11) is 0. The molecule has 0 radical (unpaired) electrons. The lowest BCUT2D eigenvalue weighted by Crippen LogP contribution is -2.63. The number of benzene rings is 1. The molecule has 1 aromatic rings. The van der Waals surface area contributed by atoms with Crippen molar-refractivity contribution in [1.29, 1.82) is 0 Å². The summed E-state index contributed by atoms with van der Waals surface area (Å²) in [5.74, 6) is -11.2. The van der Waals surface area contributed by atoms with Crippen molar-refractivity contribution in [2.45, 2.75) is 298 Å². The molecular weight excluding hydrogens is 1500 g/mol. The number of carboxylic acids is 1. The van der Waals surface area contributed by atoms with Crippen molar-refractivity contribution in [2.24, 2.45) is 34.8 Å². The van der Waals surface area contributed by atoms with Crippen LogP contribution in [-0.2, 0) is 73.8 Å². The largest absolute Gasteiger partial charge is 0.481 e. The van der Waals surface area contributed by atoms with Crippen LogP contribution in [0.2, 0.25) is 0 Å². The highest BCUT2D eigenvalue weighted by atomic mass is 32.2. The number of nitrogens with two attached hydrogens (primary N) is 1. The molecule has 34 nitrogen and oxygen atoms in total. The van der Waals surface area contributed by atoms with Crippen LogP contribution < -0.4 is 85.5 Å². The number of hydrogen-bond acceptors (Lipinski definition) is 23. The Bertz CT molecular complexity index is 3370. The van der Waals surface area contributed by atoms with E-state index in [-0.39, 0.29) is 87.0 Å². The van der Waals surface area contributed by atoms with Gasteiger partial charge < -0.3 is 111 Å². The number of aliphatic carboxylic acids is 1. The first kappa shape index (κ1) is 92.9.